The summed E-state index contributed by atoms with van der Waals surface area (Å²) in [6, 6.07) is 10.5. The fraction of sp³-hybridized carbons (Fsp3) is 0.105. The number of H-pyrrole nitrogens is 1. The number of para-hydroxylation sites is 1. The van der Waals surface area contributed by atoms with Gasteiger partial charge in [0.15, 0.2) is 5.69 Å². The van der Waals surface area contributed by atoms with Crippen LogP contribution in [0.3, 0.4) is 0 Å². The SMILES string of the molecule is C=CCOc1ccccc1C(=O)N=Nc1c(O)[nH]c2cc(Br)c(C)cc12. The number of aromatic amines is 1. The van der Waals surface area contributed by atoms with Gasteiger partial charge in [0.25, 0.3) is 5.91 Å². The fourth-order valence-corrected chi connectivity index (χ4v) is 2.81. The van der Waals surface area contributed by atoms with Gasteiger partial charge in [-0.3, -0.25) is 4.79 Å². The fourth-order valence-electron chi connectivity index (χ4n) is 2.46. The number of halogens is 1. The van der Waals surface area contributed by atoms with Gasteiger partial charge in [0.2, 0.25) is 5.88 Å². The van der Waals surface area contributed by atoms with Crippen molar-refractivity contribution in [2.24, 2.45) is 10.2 Å². The van der Waals surface area contributed by atoms with Crippen molar-refractivity contribution in [2.75, 3.05) is 6.61 Å². The first-order valence-corrected chi connectivity index (χ1v) is 8.60. The van der Waals surface area contributed by atoms with Crippen molar-refractivity contribution in [3.05, 3.63) is 64.7 Å². The summed E-state index contributed by atoms with van der Waals surface area (Å²) in [5, 5.41) is 18.5. The van der Waals surface area contributed by atoms with Crippen molar-refractivity contribution in [3.8, 4) is 11.6 Å². The van der Waals surface area contributed by atoms with Gasteiger partial charge in [0.05, 0.1) is 11.1 Å². The third kappa shape index (κ3) is 3.52. The summed E-state index contributed by atoms with van der Waals surface area (Å²) in [6.45, 7) is 5.79. The van der Waals surface area contributed by atoms with Gasteiger partial charge in [0, 0.05) is 9.86 Å². The third-order valence-corrected chi connectivity index (χ3v) is 4.60. The molecule has 1 heterocycles. The van der Waals surface area contributed by atoms with Gasteiger partial charge < -0.3 is 14.8 Å². The topological polar surface area (TPSA) is 87.0 Å². The summed E-state index contributed by atoms with van der Waals surface area (Å²) in [5.41, 5.74) is 2.17. The van der Waals surface area contributed by atoms with Crippen LogP contribution in [0.2, 0.25) is 0 Å². The van der Waals surface area contributed by atoms with Gasteiger partial charge in [0.1, 0.15) is 12.4 Å². The van der Waals surface area contributed by atoms with E-state index in [4.69, 9.17) is 4.74 Å². The van der Waals surface area contributed by atoms with Crippen LogP contribution in [0.5, 0.6) is 11.6 Å². The molecule has 2 aromatic carbocycles. The first kappa shape index (κ1) is 17.9. The van der Waals surface area contributed by atoms with E-state index in [0.717, 1.165) is 10.0 Å². The first-order chi connectivity index (χ1) is 12.5. The molecule has 0 radical (unpaired) electrons. The van der Waals surface area contributed by atoms with Crippen molar-refractivity contribution in [3.63, 3.8) is 0 Å². The number of carbonyl (C=O) groups is 1. The van der Waals surface area contributed by atoms with E-state index in [1.54, 1.807) is 30.3 Å². The number of rotatable bonds is 5. The lowest BCUT2D eigenvalue weighted by molar-refractivity contribution is 0.0991. The smallest absolute Gasteiger partial charge is 0.299 e. The summed E-state index contributed by atoms with van der Waals surface area (Å²) in [6.07, 6.45) is 1.59. The predicted octanol–water partition coefficient (Wildman–Crippen LogP) is 5.43. The van der Waals surface area contributed by atoms with Crippen LogP contribution >= 0.6 is 15.9 Å². The minimum atomic E-state index is -0.563. The molecule has 0 spiro atoms. The van der Waals surface area contributed by atoms with Crippen molar-refractivity contribution in [1.29, 1.82) is 0 Å². The van der Waals surface area contributed by atoms with E-state index in [9.17, 15) is 9.90 Å². The Balaban J connectivity index is 1.95. The maximum atomic E-state index is 12.4. The Kier molecular flexibility index (Phi) is 5.18. The normalized spacial score (nSPS) is 11.2. The lowest BCUT2D eigenvalue weighted by Crippen LogP contribution is -2.01. The second-order valence-corrected chi connectivity index (χ2v) is 6.42. The van der Waals surface area contributed by atoms with E-state index in [-0.39, 0.29) is 23.7 Å². The van der Waals surface area contributed by atoms with Crippen molar-refractivity contribution in [2.45, 2.75) is 6.92 Å². The maximum Gasteiger partial charge on any atom is 0.299 e. The number of benzene rings is 2. The van der Waals surface area contributed by atoms with E-state index in [0.29, 0.717) is 16.7 Å². The number of hydrogen-bond acceptors (Lipinski definition) is 4. The molecule has 0 aliphatic carbocycles. The molecule has 0 aliphatic heterocycles. The number of aromatic nitrogens is 1. The average Bonchev–Trinajstić information content (AvgIpc) is 2.93. The molecular formula is C19H16BrN3O3. The van der Waals surface area contributed by atoms with Crippen LogP contribution in [-0.2, 0) is 0 Å². The Labute approximate surface area is 158 Å². The Morgan fingerprint density at radius 2 is 2.15 bits per heavy atom. The first-order valence-electron chi connectivity index (χ1n) is 7.81. The van der Waals surface area contributed by atoms with Crippen molar-refractivity contribution >= 4 is 38.4 Å². The number of hydrogen-bond donors (Lipinski definition) is 2. The monoisotopic (exact) mass is 413 g/mol. The zero-order chi connectivity index (χ0) is 18.7. The highest BCUT2D eigenvalue weighted by atomic mass is 79.9. The highest BCUT2D eigenvalue weighted by Gasteiger charge is 2.15. The number of fused-ring (bicyclic) bond motifs is 1. The summed E-state index contributed by atoms with van der Waals surface area (Å²) in [4.78, 5) is 15.2. The van der Waals surface area contributed by atoms with E-state index in [1.165, 1.54) is 0 Å². The molecule has 26 heavy (non-hydrogen) atoms. The van der Waals surface area contributed by atoms with Crippen molar-refractivity contribution in [1.82, 2.24) is 4.98 Å². The Bertz CT molecular complexity index is 1020. The highest BCUT2D eigenvalue weighted by molar-refractivity contribution is 9.10. The van der Waals surface area contributed by atoms with Crippen LogP contribution in [0.1, 0.15) is 15.9 Å². The maximum absolute atomic E-state index is 12.4. The minimum Gasteiger partial charge on any atom is -0.493 e. The van der Waals surface area contributed by atoms with E-state index in [1.807, 2.05) is 19.1 Å². The molecule has 3 aromatic rings. The molecule has 6 nitrogen and oxygen atoms in total. The number of ether oxygens (including phenoxy) is 1. The van der Waals surface area contributed by atoms with E-state index in [2.05, 4.69) is 37.7 Å². The molecule has 0 aliphatic rings. The second kappa shape index (κ2) is 7.53. The largest absolute Gasteiger partial charge is 0.493 e. The molecule has 132 valence electrons. The number of aryl methyl sites for hydroxylation is 1. The van der Waals surface area contributed by atoms with Gasteiger partial charge in [-0.05, 0) is 36.8 Å². The summed E-state index contributed by atoms with van der Waals surface area (Å²) >= 11 is 3.44. The molecule has 1 amide bonds. The molecule has 0 fully saturated rings. The molecule has 0 atom stereocenters. The van der Waals surface area contributed by atoms with E-state index < -0.39 is 5.91 Å². The highest BCUT2D eigenvalue weighted by Crippen LogP contribution is 2.38. The molecule has 2 N–H and O–H groups in total. The second-order valence-electron chi connectivity index (χ2n) is 5.57. The lowest BCUT2D eigenvalue weighted by Gasteiger charge is -2.06. The van der Waals surface area contributed by atoms with Gasteiger partial charge in [-0.25, -0.2) is 0 Å². The Morgan fingerprint density at radius 1 is 1.38 bits per heavy atom. The molecule has 0 unspecified atom stereocenters. The number of nitrogens with zero attached hydrogens (tertiary/aromatic N) is 2. The third-order valence-electron chi connectivity index (χ3n) is 3.75. The summed E-state index contributed by atoms with van der Waals surface area (Å²) in [5.74, 6) is -0.309. The van der Waals surface area contributed by atoms with Crippen LogP contribution in [0.4, 0.5) is 5.69 Å². The Morgan fingerprint density at radius 3 is 2.92 bits per heavy atom. The number of amides is 1. The van der Waals surface area contributed by atoms with Crippen LogP contribution in [0.15, 0.2) is 63.8 Å². The number of aromatic hydroxyl groups is 1. The quantitative estimate of drug-likeness (QED) is 0.431. The van der Waals surface area contributed by atoms with E-state index >= 15 is 0 Å². The zero-order valence-electron chi connectivity index (χ0n) is 14.0. The molecular weight excluding hydrogens is 398 g/mol. The lowest BCUT2D eigenvalue weighted by atomic mass is 10.1. The molecule has 0 saturated carbocycles. The molecule has 0 bridgehead atoms. The number of carbonyl (C=O) groups excluding carboxylic acids is 1. The molecule has 3 rings (SSSR count). The summed E-state index contributed by atoms with van der Waals surface area (Å²) < 4.78 is 6.37. The van der Waals surface area contributed by atoms with Crippen LogP contribution < -0.4 is 4.74 Å². The van der Waals surface area contributed by atoms with Gasteiger partial charge in [-0.2, -0.15) is 0 Å². The number of azo groups is 1. The Hall–Kier alpha value is -2.93. The molecule has 0 saturated heterocycles. The standard InChI is InChI=1S/C19H16BrN3O3/c1-3-8-26-16-7-5-4-6-12(16)18(24)23-22-17-13-9-11(2)14(20)10-15(13)21-19(17)25/h3-7,9-10,21,25H,1,8H2,2H3. The van der Waals surface area contributed by atoms with Gasteiger partial charge in [-0.15, -0.1) is 10.2 Å². The molecule has 7 heteroatoms. The van der Waals surface area contributed by atoms with Crippen LogP contribution in [0, 0.1) is 6.92 Å². The number of nitrogens with one attached hydrogen (secondary N) is 1. The molecule has 1 aromatic heterocycles. The van der Waals surface area contributed by atoms with Gasteiger partial charge in [-0.1, -0.05) is 40.7 Å². The zero-order valence-corrected chi connectivity index (χ0v) is 15.6. The average molecular weight is 414 g/mol. The van der Waals surface area contributed by atoms with Gasteiger partial charge >= 0.3 is 0 Å². The predicted molar refractivity (Wildman–Crippen MR) is 103 cm³/mol. The van der Waals surface area contributed by atoms with Crippen LogP contribution in [0.25, 0.3) is 10.9 Å². The van der Waals surface area contributed by atoms with Crippen molar-refractivity contribution < 1.29 is 14.6 Å². The summed E-state index contributed by atoms with van der Waals surface area (Å²) in [7, 11) is 0. The minimum absolute atomic E-state index is 0.148. The van der Waals surface area contributed by atoms with Crippen LogP contribution in [-0.4, -0.2) is 22.6 Å².